The smallest absolute Gasteiger partial charge is 0.312 e. The van der Waals surface area contributed by atoms with Crippen LogP contribution in [0.3, 0.4) is 0 Å². The van der Waals surface area contributed by atoms with Gasteiger partial charge in [0.25, 0.3) is 5.56 Å². The van der Waals surface area contributed by atoms with Gasteiger partial charge in [-0.1, -0.05) is 18.2 Å². The van der Waals surface area contributed by atoms with Crippen molar-refractivity contribution in [2.45, 2.75) is 12.3 Å². The molecule has 0 saturated heterocycles. The zero-order valence-electron chi connectivity index (χ0n) is 14.0. The fraction of sp³-hybridized carbons (Fsp3) is 0.200. The summed E-state index contributed by atoms with van der Waals surface area (Å²) < 4.78 is 17.8. The Kier molecular flexibility index (Phi) is 3.09. The Labute approximate surface area is 148 Å². The molecule has 0 N–H and O–H groups in total. The first-order valence-corrected chi connectivity index (χ1v) is 8.35. The van der Waals surface area contributed by atoms with Crippen LogP contribution in [0.2, 0.25) is 0 Å². The van der Waals surface area contributed by atoms with Crippen molar-refractivity contribution in [2.75, 3.05) is 6.79 Å². The van der Waals surface area contributed by atoms with Crippen LogP contribution in [0.4, 0.5) is 0 Å². The summed E-state index contributed by atoms with van der Waals surface area (Å²) in [5, 5.41) is 0.950. The molecule has 3 heterocycles. The molecule has 2 aromatic carbocycles. The van der Waals surface area contributed by atoms with E-state index in [1.807, 2.05) is 36.4 Å². The molecule has 0 bridgehead atoms. The van der Waals surface area contributed by atoms with Crippen LogP contribution in [-0.4, -0.2) is 17.3 Å². The summed E-state index contributed by atoms with van der Waals surface area (Å²) in [5.41, 5.74) is 2.07. The Hall–Kier alpha value is -3.28. The highest BCUT2D eigenvalue weighted by molar-refractivity contribution is 5.82. The van der Waals surface area contributed by atoms with Gasteiger partial charge < -0.3 is 18.8 Å². The zero-order valence-corrected chi connectivity index (χ0v) is 14.0. The lowest BCUT2D eigenvalue weighted by Crippen LogP contribution is -2.28. The van der Waals surface area contributed by atoms with Crippen LogP contribution in [0.15, 0.2) is 47.3 Å². The van der Waals surface area contributed by atoms with E-state index in [4.69, 9.17) is 14.2 Å². The van der Waals surface area contributed by atoms with Crippen LogP contribution in [-0.2, 0) is 11.8 Å². The third kappa shape index (κ3) is 2.12. The van der Waals surface area contributed by atoms with Crippen LogP contribution >= 0.6 is 0 Å². The number of carbonyl (C=O) groups excluding carboxylic acids is 1. The van der Waals surface area contributed by atoms with E-state index in [-0.39, 0.29) is 30.7 Å². The van der Waals surface area contributed by atoms with Crippen LogP contribution in [0.1, 0.15) is 23.5 Å². The van der Waals surface area contributed by atoms with Gasteiger partial charge in [0.1, 0.15) is 5.75 Å². The molecule has 3 aromatic rings. The maximum Gasteiger partial charge on any atom is 0.312 e. The third-order valence-electron chi connectivity index (χ3n) is 5.01. The van der Waals surface area contributed by atoms with Crippen LogP contribution in [0.25, 0.3) is 10.9 Å². The van der Waals surface area contributed by atoms with Crippen molar-refractivity contribution in [1.82, 2.24) is 4.57 Å². The maximum atomic E-state index is 13.0. The number of hydrogen-bond donors (Lipinski definition) is 0. The summed E-state index contributed by atoms with van der Waals surface area (Å²) in [5.74, 6) is 0.819. The van der Waals surface area contributed by atoms with Crippen LogP contribution < -0.4 is 19.8 Å². The minimum Gasteiger partial charge on any atom is -0.454 e. The van der Waals surface area contributed by atoms with Gasteiger partial charge in [-0.2, -0.15) is 0 Å². The standard InChI is InChI=1S/C20H15NO5/c1-21-15-5-3-2-4-11(15)6-14(20(21)23)12-8-19(22)26-16-9-18-17(7-13(12)16)24-10-25-18/h2-7,9,12H,8,10H2,1H3/t12-/m0/s1. The summed E-state index contributed by atoms with van der Waals surface area (Å²) in [7, 11) is 1.75. The lowest BCUT2D eigenvalue weighted by atomic mass is 9.86. The minimum atomic E-state index is -0.385. The van der Waals surface area contributed by atoms with E-state index in [1.165, 1.54) is 0 Å². The van der Waals surface area contributed by atoms with Gasteiger partial charge in [0.05, 0.1) is 11.9 Å². The van der Waals surface area contributed by atoms with Crippen LogP contribution in [0.5, 0.6) is 17.2 Å². The first kappa shape index (κ1) is 15.0. The molecule has 2 aliphatic rings. The monoisotopic (exact) mass is 349 g/mol. The van der Waals surface area contributed by atoms with E-state index in [2.05, 4.69) is 0 Å². The van der Waals surface area contributed by atoms with Gasteiger partial charge in [-0.3, -0.25) is 9.59 Å². The number of carbonyl (C=O) groups is 1. The highest BCUT2D eigenvalue weighted by atomic mass is 16.7. The molecule has 6 nitrogen and oxygen atoms in total. The second-order valence-corrected chi connectivity index (χ2v) is 6.50. The van der Waals surface area contributed by atoms with Gasteiger partial charge in [0.2, 0.25) is 6.79 Å². The van der Waals surface area contributed by atoms with Gasteiger partial charge in [0.15, 0.2) is 11.5 Å². The number of nitrogens with zero attached hydrogens (tertiary/aromatic N) is 1. The Morgan fingerprint density at radius 1 is 0.962 bits per heavy atom. The highest BCUT2D eigenvalue weighted by Crippen LogP contribution is 2.45. The average molecular weight is 349 g/mol. The maximum absolute atomic E-state index is 13.0. The number of para-hydroxylation sites is 1. The summed E-state index contributed by atoms with van der Waals surface area (Å²) >= 11 is 0. The second kappa shape index (κ2) is 5.36. The molecular formula is C20H15NO5. The van der Waals surface area contributed by atoms with E-state index in [1.54, 1.807) is 17.7 Å². The number of rotatable bonds is 1. The van der Waals surface area contributed by atoms with E-state index in [0.717, 1.165) is 16.5 Å². The van der Waals surface area contributed by atoms with Gasteiger partial charge in [-0.05, 0) is 23.6 Å². The summed E-state index contributed by atoms with van der Waals surface area (Å²) in [4.78, 5) is 25.2. The molecular weight excluding hydrogens is 334 g/mol. The molecule has 0 aliphatic carbocycles. The predicted octanol–water partition coefficient (Wildman–Crippen LogP) is 2.71. The summed E-state index contributed by atoms with van der Waals surface area (Å²) in [6.45, 7) is 0.134. The Balaban J connectivity index is 1.75. The highest BCUT2D eigenvalue weighted by Gasteiger charge is 2.33. The molecule has 1 aromatic heterocycles. The number of fused-ring (bicyclic) bond motifs is 3. The molecule has 6 heteroatoms. The molecule has 0 saturated carbocycles. The van der Waals surface area contributed by atoms with Crippen molar-refractivity contribution in [3.8, 4) is 17.2 Å². The zero-order chi connectivity index (χ0) is 17.8. The van der Waals surface area contributed by atoms with E-state index in [9.17, 15) is 9.59 Å². The second-order valence-electron chi connectivity index (χ2n) is 6.50. The largest absolute Gasteiger partial charge is 0.454 e. The average Bonchev–Trinajstić information content (AvgIpc) is 3.09. The Morgan fingerprint density at radius 2 is 1.73 bits per heavy atom. The van der Waals surface area contributed by atoms with Crippen LogP contribution in [0, 0.1) is 0 Å². The first-order valence-electron chi connectivity index (χ1n) is 8.35. The Bertz CT molecular complexity index is 1130. The molecule has 5 rings (SSSR count). The molecule has 0 spiro atoms. The molecule has 2 aliphatic heterocycles. The van der Waals surface area contributed by atoms with Gasteiger partial charge in [0, 0.05) is 30.2 Å². The predicted molar refractivity (Wildman–Crippen MR) is 93.8 cm³/mol. The molecule has 0 amide bonds. The molecule has 0 fully saturated rings. The van der Waals surface area contributed by atoms with Gasteiger partial charge in [-0.25, -0.2) is 0 Å². The third-order valence-corrected chi connectivity index (χ3v) is 5.01. The lowest BCUT2D eigenvalue weighted by Gasteiger charge is -2.25. The quantitative estimate of drug-likeness (QED) is 0.499. The number of aryl methyl sites for hydroxylation is 1. The van der Waals surface area contributed by atoms with Crippen molar-refractivity contribution in [3.63, 3.8) is 0 Å². The molecule has 0 radical (unpaired) electrons. The van der Waals surface area contributed by atoms with E-state index in [0.29, 0.717) is 22.8 Å². The normalized spacial score (nSPS) is 17.9. The number of hydrogen-bond acceptors (Lipinski definition) is 5. The number of esters is 1. The topological polar surface area (TPSA) is 66.8 Å². The Morgan fingerprint density at radius 3 is 2.58 bits per heavy atom. The summed E-state index contributed by atoms with van der Waals surface area (Å²) in [6.07, 6.45) is 0.111. The van der Waals surface area contributed by atoms with Gasteiger partial charge >= 0.3 is 5.97 Å². The summed E-state index contributed by atoms with van der Waals surface area (Å²) in [6, 6.07) is 13.0. The van der Waals surface area contributed by atoms with Crippen molar-refractivity contribution in [1.29, 1.82) is 0 Å². The van der Waals surface area contributed by atoms with Crippen molar-refractivity contribution in [2.24, 2.45) is 7.05 Å². The SMILES string of the molecule is Cn1c(=O)c([C@H]2CC(=O)Oc3cc4c(cc32)OCO4)cc2ccccc21. The molecule has 26 heavy (non-hydrogen) atoms. The molecule has 130 valence electrons. The van der Waals surface area contributed by atoms with Gasteiger partial charge in [-0.15, -0.1) is 0 Å². The number of benzene rings is 2. The number of ether oxygens (including phenoxy) is 3. The minimum absolute atomic E-state index is 0.111. The number of aromatic nitrogens is 1. The fourth-order valence-corrected chi connectivity index (χ4v) is 3.72. The van der Waals surface area contributed by atoms with Crippen molar-refractivity contribution in [3.05, 3.63) is 63.9 Å². The van der Waals surface area contributed by atoms with E-state index >= 15 is 0 Å². The molecule has 1 atom stereocenters. The number of pyridine rings is 1. The first-order chi connectivity index (χ1) is 12.6. The molecule has 0 unspecified atom stereocenters. The lowest BCUT2D eigenvalue weighted by molar-refractivity contribution is -0.135. The van der Waals surface area contributed by atoms with Crippen molar-refractivity contribution >= 4 is 16.9 Å². The van der Waals surface area contributed by atoms with E-state index < -0.39 is 0 Å². The van der Waals surface area contributed by atoms with Crippen molar-refractivity contribution < 1.29 is 19.0 Å². The fourth-order valence-electron chi connectivity index (χ4n) is 3.72.